The SMILES string of the molecule is CC(Cl)CC(C)NC(=O)c1cc(O)ccc1O. The summed E-state index contributed by atoms with van der Waals surface area (Å²) in [5.41, 5.74) is 0.0547. The molecule has 0 aliphatic rings. The van der Waals surface area contributed by atoms with E-state index in [0.29, 0.717) is 6.42 Å². The van der Waals surface area contributed by atoms with Crippen LogP contribution in [0.15, 0.2) is 18.2 Å². The minimum Gasteiger partial charge on any atom is -0.508 e. The summed E-state index contributed by atoms with van der Waals surface area (Å²) in [6.07, 6.45) is 0.632. The van der Waals surface area contributed by atoms with Gasteiger partial charge in [0.2, 0.25) is 0 Å². The molecule has 0 aromatic heterocycles. The zero-order valence-corrected chi connectivity index (χ0v) is 10.5. The Bertz CT molecular complexity index is 407. The number of alkyl halides is 1. The second kappa shape index (κ2) is 5.77. The fourth-order valence-corrected chi connectivity index (χ4v) is 1.82. The lowest BCUT2D eigenvalue weighted by Crippen LogP contribution is -2.33. The highest BCUT2D eigenvalue weighted by Gasteiger charge is 2.15. The minimum absolute atomic E-state index is 0.0388. The summed E-state index contributed by atoms with van der Waals surface area (Å²) in [5.74, 6) is -0.652. The zero-order chi connectivity index (χ0) is 13.0. The summed E-state index contributed by atoms with van der Waals surface area (Å²) in [6, 6.07) is 3.72. The first-order valence-corrected chi connectivity index (χ1v) is 5.80. The molecule has 17 heavy (non-hydrogen) atoms. The van der Waals surface area contributed by atoms with Crippen molar-refractivity contribution < 1.29 is 15.0 Å². The highest BCUT2D eigenvalue weighted by Crippen LogP contribution is 2.22. The van der Waals surface area contributed by atoms with E-state index in [-0.39, 0.29) is 28.5 Å². The molecule has 0 saturated carbocycles. The number of phenols is 2. The van der Waals surface area contributed by atoms with Gasteiger partial charge in [0.1, 0.15) is 11.5 Å². The molecule has 2 unspecified atom stereocenters. The first kappa shape index (κ1) is 13.6. The number of amides is 1. The van der Waals surface area contributed by atoms with Gasteiger partial charge in [0, 0.05) is 11.4 Å². The van der Waals surface area contributed by atoms with Crippen molar-refractivity contribution in [2.24, 2.45) is 0 Å². The van der Waals surface area contributed by atoms with Gasteiger partial charge >= 0.3 is 0 Å². The number of aromatic hydroxyl groups is 2. The van der Waals surface area contributed by atoms with Crippen LogP contribution in [0.25, 0.3) is 0 Å². The standard InChI is InChI=1S/C12H16ClNO3/c1-7(13)5-8(2)14-12(17)10-6-9(15)3-4-11(10)16/h3-4,6-8,15-16H,5H2,1-2H3,(H,14,17). The molecule has 5 heteroatoms. The second-order valence-electron chi connectivity index (χ2n) is 4.09. The quantitative estimate of drug-likeness (QED) is 0.572. The average molecular weight is 258 g/mol. The number of benzene rings is 1. The van der Waals surface area contributed by atoms with Crippen molar-refractivity contribution in [2.45, 2.75) is 31.7 Å². The van der Waals surface area contributed by atoms with Crippen molar-refractivity contribution in [3.05, 3.63) is 23.8 Å². The normalized spacial score (nSPS) is 14.1. The lowest BCUT2D eigenvalue weighted by molar-refractivity contribution is 0.0935. The van der Waals surface area contributed by atoms with Gasteiger partial charge in [-0.15, -0.1) is 11.6 Å². The molecule has 0 bridgehead atoms. The third kappa shape index (κ3) is 4.15. The number of rotatable bonds is 4. The highest BCUT2D eigenvalue weighted by molar-refractivity contribution is 6.20. The first-order valence-electron chi connectivity index (χ1n) is 5.37. The Morgan fingerprint density at radius 3 is 2.65 bits per heavy atom. The maximum absolute atomic E-state index is 11.8. The molecular formula is C12H16ClNO3. The third-order valence-electron chi connectivity index (χ3n) is 2.28. The Morgan fingerprint density at radius 2 is 2.06 bits per heavy atom. The number of hydrogen-bond acceptors (Lipinski definition) is 3. The Balaban J connectivity index is 2.73. The minimum atomic E-state index is -0.428. The molecule has 0 heterocycles. The van der Waals surface area contributed by atoms with Crippen LogP contribution in [0.1, 0.15) is 30.6 Å². The molecular weight excluding hydrogens is 242 g/mol. The van der Waals surface area contributed by atoms with E-state index >= 15 is 0 Å². The number of phenolic OH excluding ortho intramolecular Hbond substituents is 2. The van der Waals surface area contributed by atoms with E-state index < -0.39 is 5.91 Å². The van der Waals surface area contributed by atoms with E-state index in [1.165, 1.54) is 18.2 Å². The fourth-order valence-electron chi connectivity index (χ4n) is 1.55. The van der Waals surface area contributed by atoms with Crippen LogP contribution in [-0.2, 0) is 0 Å². The molecule has 0 spiro atoms. The van der Waals surface area contributed by atoms with Gasteiger partial charge < -0.3 is 15.5 Å². The maximum Gasteiger partial charge on any atom is 0.255 e. The van der Waals surface area contributed by atoms with Crippen molar-refractivity contribution in [3.63, 3.8) is 0 Å². The van der Waals surface area contributed by atoms with Crippen molar-refractivity contribution in [2.75, 3.05) is 0 Å². The van der Waals surface area contributed by atoms with Crippen molar-refractivity contribution in [1.29, 1.82) is 0 Å². The van der Waals surface area contributed by atoms with Crippen LogP contribution in [0.3, 0.4) is 0 Å². The van der Waals surface area contributed by atoms with E-state index in [1.807, 2.05) is 13.8 Å². The van der Waals surface area contributed by atoms with Crippen LogP contribution < -0.4 is 5.32 Å². The van der Waals surface area contributed by atoms with Crippen LogP contribution in [0.2, 0.25) is 0 Å². The molecule has 4 nitrogen and oxygen atoms in total. The highest BCUT2D eigenvalue weighted by atomic mass is 35.5. The Hall–Kier alpha value is -1.42. The van der Waals surface area contributed by atoms with Gasteiger partial charge in [0.25, 0.3) is 5.91 Å². The number of carbonyl (C=O) groups is 1. The maximum atomic E-state index is 11.8. The fraction of sp³-hybridized carbons (Fsp3) is 0.417. The molecule has 0 fully saturated rings. The van der Waals surface area contributed by atoms with Crippen molar-refractivity contribution >= 4 is 17.5 Å². The lowest BCUT2D eigenvalue weighted by Gasteiger charge is -2.15. The summed E-state index contributed by atoms with van der Waals surface area (Å²) >= 11 is 5.82. The Kier molecular flexibility index (Phi) is 4.63. The van der Waals surface area contributed by atoms with E-state index in [4.69, 9.17) is 11.6 Å². The van der Waals surface area contributed by atoms with Crippen LogP contribution in [0.5, 0.6) is 11.5 Å². The van der Waals surface area contributed by atoms with Gasteiger partial charge in [-0.2, -0.15) is 0 Å². The van der Waals surface area contributed by atoms with Gasteiger partial charge in [-0.25, -0.2) is 0 Å². The summed E-state index contributed by atoms with van der Waals surface area (Å²) in [4.78, 5) is 11.8. The van der Waals surface area contributed by atoms with Crippen LogP contribution in [0.4, 0.5) is 0 Å². The monoisotopic (exact) mass is 257 g/mol. The van der Waals surface area contributed by atoms with Crippen LogP contribution >= 0.6 is 11.6 Å². The summed E-state index contributed by atoms with van der Waals surface area (Å²) in [6.45, 7) is 3.67. The molecule has 94 valence electrons. The topological polar surface area (TPSA) is 69.6 Å². The third-order valence-corrected chi connectivity index (χ3v) is 2.46. The van der Waals surface area contributed by atoms with Gasteiger partial charge in [-0.1, -0.05) is 0 Å². The molecule has 0 aliphatic heterocycles. The second-order valence-corrected chi connectivity index (χ2v) is 4.84. The molecule has 3 N–H and O–H groups in total. The molecule has 0 saturated heterocycles. The number of hydrogen-bond donors (Lipinski definition) is 3. The summed E-state index contributed by atoms with van der Waals surface area (Å²) < 4.78 is 0. The average Bonchev–Trinajstić information content (AvgIpc) is 2.20. The van der Waals surface area contributed by atoms with E-state index in [0.717, 1.165) is 0 Å². The van der Waals surface area contributed by atoms with Crippen LogP contribution in [-0.4, -0.2) is 27.5 Å². The van der Waals surface area contributed by atoms with E-state index in [1.54, 1.807) is 0 Å². The molecule has 0 aliphatic carbocycles. The number of carbonyl (C=O) groups excluding carboxylic acids is 1. The summed E-state index contributed by atoms with van der Waals surface area (Å²) in [5, 5.41) is 21.4. The first-order chi connectivity index (χ1) is 7.90. The largest absolute Gasteiger partial charge is 0.508 e. The van der Waals surface area contributed by atoms with Crippen molar-refractivity contribution in [1.82, 2.24) is 5.32 Å². The predicted octanol–water partition coefficient (Wildman–Crippen LogP) is 2.23. The predicted molar refractivity (Wildman–Crippen MR) is 66.6 cm³/mol. The molecule has 1 aromatic rings. The Morgan fingerprint density at radius 1 is 1.41 bits per heavy atom. The smallest absolute Gasteiger partial charge is 0.255 e. The molecule has 0 radical (unpaired) electrons. The van der Waals surface area contributed by atoms with Gasteiger partial charge in [0.05, 0.1) is 5.56 Å². The van der Waals surface area contributed by atoms with E-state index in [2.05, 4.69) is 5.32 Å². The Labute approximate surface area is 105 Å². The zero-order valence-electron chi connectivity index (χ0n) is 9.77. The van der Waals surface area contributed by atoms with Gasteiger partial charge in [-0.3, -0.25) is 4.79 Å². The molecule has 1 aromatic carbocycles. The van der Waals surface area contributed by atoms with Crippen molar-refractivity contribution in [3.8, 4) is 11.5 Å². The van der Waals surface area contributed by atoms with Crippen LogP contribution in [0, 0.1) is 0 Å². The van der Waals surface area contributed by atoms with E-state index in [9.17, 15) is 15.0 Å². The lowest BCUT2D eigenvalue weighted by atomic mass is 10.1. The number of nitrogens with one attached hydrogen (secondary N) is 1. The summed E-state index contributed by atoms with van der Waals surface area (Å²) in [7, 11) is 0. The van der Waals surface area contributed by atoms with Gasteiger partial charge in [-0.05, 0) is 38.5 Å². The molecule has 1 amide bonds. The number of halogens is 1. The molecule has 1 rings (SSSR count). The van der Waals surface area contributed by atoms with Gasteiger partial charge in [0.15, 0.2) is 0 Å². The molecule has 2 atom stereocenters.